The van der Waals surface area contributed by atoms with Crippen molar-refractivity contribution in [3.05, 3.63) is 17.6 Å². The quantitative estimate of drug-likeness (QED) is 0.863. The molecule has 100 valence electrons. The van der Waals surface area contributed by atoms with E-state index in [0.717, 1.165) is 50.0 Å². The van der Waals surface area contributed by atoms with Crippen molar-refractivity contribution in [1.82, 2.24) is 9.97 Å². The number of nitrogens with one attached hydrogen (secondary N) is 1. The summed E-state index contributed by atoms with van der Waals surface area (Å²) in [6.45, 7) is 0. The van der Waals surface area contributed by atoms with Crippen LogP contribution in [0.3, 0.4) is 0 Å². The van der Waals surface area contributed by atoms with Crippen LogP contribution in [-0.2, 0) is 17.6 Å². The van der Waals surface area contributed by atoms with Gasteiger partial charge in [0.05, 0.1) is 5.41 Å². The Kier molecular flexibility index (Phi) is 2.17. The number of aromatic nitrogens is 2. The lowest BCUT2D eigenvalue weighted by Gasteiger charge is -2.18. The van der Waals surface area contributed by atoms with Crippen LogP contribution >= 0.6 is 0 Å². The second-order valence-electron chi connectivity index (χ2n) is 6.14. The van der Waals surface area contributed by atoms with Crippen molar-refractivity contribution >= 4 is 11.8 Å². The lowest BCUT2D eigenvalue weighted by molar-refractivity contribution is -0.143. The van der Waals surface area contributed by atoms with Gasteiger partial charge in [-0.05, 0) is 44.4 Å². The van der Waals surface area contributed by atoms with E-state index >= 15 is 0 Å². The predicted molar refractivity (Wildman–Crippen MR) is 68.9 cm³/mol. The molecular formula is C14H17N3O2. The minimum absolute atomic E-state index is 0.259. The molecule has 19 heavy (non-hydrogen) atoms. The fourth-order valence-corrected chi connectivity index (χ4v) is 3.94. The van der Waals surface area contributed by atoms with Crippen LogP contribution in [0.4, 0.5) is 5.82 Å². The van der Waals surface area contributed by atoms with Crippen LogP contribution in [0.2, 0.25) is 0 Å². The molecule has 5 heteroatoms. The van der Waals surface area contributed by atoms with Gasteiger partial charge in [-0.25, -0.2) is 9.97 Å². The Morgan fingerprint density at radius 1 is 1.37 bits per heavy atom. The SMILES string of the molecule is O=C(O)[C@@]12C[C@@H](Nc3ncnc4c3CCC4)C[C@@H]1C2. The third-order valence-electron chi connectivity index (χ3n) is 5.05. The van der Waals surface area contributed by atoms with E-state index in [1.54, 1.807) is 6.33 Å². The van der Waals surface area contributed by atoms with Gasteiger partial charge in [0.1, 0.15) is 12.1 Å². The van der Waals surface area contributed by atoms with Gasteiger partial charge in [-0.2, -0.15) is 0 Å². The third-order valence-corrected chi connectivity index (χ3v) is 5.05. The second kappa shape index (κ2) is 3.68. The molecule has 0 saturated heterocycles. The molecule has 1 heterocycles. The van der Waals surface area contributed by atoms with Crippen LogP contribution in [0.15, 0.2) is 6.33 Å². The molecule has 2 N–H and O–H groups in total. The molecule has 4 rings (SSSR count). The van der Waals surface area contributed by atoms with E-state index < -0.39 is 11.4 Å². The highest BCUT2D eigenvalue weighted by molar-refractivity contribution is 5.79. The number of anilines is 1. The van der Waals surface area contributed by atoms with Crippen molar-refractivity contribution in [3.8, 4) is 0 Å². The number of hydrogen-bond acceptors (Lipinski definition) is 4. The van der Waals surface area contributed by atoms with Crippen molar-refractivity contribution in [2.45, 2.75) is 44.6 Å². The minimum atomic E-state index is -0.616. The van der Waals surface area contributed by atoms with Gasteiger partial charge in [0.2, 0.25) is 0 Å². The Labute approximate surface area is 111 Å². The normalized spacial score (nSPS) is 34.7. The largest absolute Gasteiger partial charge is 0.481 e. The standard InChI is InChI=1S/C14H17N3O2/c18-13(19)14-5-8(14)4-9(6-14)17-12-10-2-1-3-11(10)15-7-16-12/h7-9H,1-6H2,(H,18,19)(H,15,16,17)/t8-,9+,14+/m1/s1. The lowest BCUT2D eigenvalue weighted by atomic mass is 10.0. The Morgan fingerprint density at radius 3 is 3.05 bits per heavy atom. The van der Waals surface area contributed by atoms with Crippen LogP contribution in [0.1, 0.15) is 36.9 Å². The van der Waals surface area contributed by atoms with Crippen LogP contribution in [-0.4, -0.2) is 27.1 Å². The summed E-state index contributed by atoms with van der Waals surface area (Å²) in [6, 6.07) is 0.259. The lowest BCUT2D eigenvalue weighted by Crippen LogP contribution is -2.23. The first kappa shape index (κ1) is 11.2. The Balaban J connectivity index is 1.52. The van der Waals surface area contributed by atoms with Crippen molar-refractivity contribution in [2.75, 3.05) is 5.32 Å². The number of hydrogen-bond donors (Lipinski definition) is 2. The predicted octanol–water partition coefficient (Wildman–Crippen LogP) is 1.63. The Hall–Kier alpha value is -1.65. The van der Waals surface area contributed by atoms with Gasteiger partial charge in [0.25, 0.3) is 0 Å². The molecule has 0 unspecified atom stereocenters. The molecular weight excluding hydrogens is 242 g/mol. The first-order chi connectivity index (χ1) is 9.19. The smallest absolute Gasteiger partial charge is 0.310 e. The number of aliphatic carboxylic acids is 1. The monoisotopic (exact) mass is 259 g/mol. The van der Waals surface area contributed by atoms with Crippen molar-refractivity contribution in [2.24, 2.45) is 11.3 Å². The number of rotatable bonds is 3. The summed E-state index contributed by atoms with van der Waals surface area (Å²) in [5, 5.41) is 12.8. The van der Waals surface area contributed by atoms with Crippen molar-refractivity contribution in [3.63, 3.8) is 0 Å². The number of fused-ring (bicyclic) bond motifs is 2. The number of carboxylic acid groups (broad SMARTS) is 1. The average Bonchev–Trinajstić information content (AvgIpc) is 2.77. The van der Waals surface area contributed by atoms with E-state index in [-0.39, 0.29) is 6.04 Å². The van der Waals surface area contributed by atoms with E-state index in [1.807, 2.05) is 0 Å². The molecule has 2 fully saturated rings. The van der Waals surface area contributed by atoms with E-state index in [2.05, 4.69) is 15.3 Å². The fraction of sp³-hybridized carbons (Fsp3) is 0.643. The molecule has 5 nitrogen and oxygen atoms in total. The zero-order valence-corrected chi connectivity index (χ0v) is 10.7. The molecule has 3 aliphatic rings. The molecule has 0 bridgehead atoms. The average molecular weight is 259 g/mol. The zero-order chi connectivity index (χ0) is 13.0. The van der Waals surface area contributed by atoms with Crippen LogP contribution in [0, 0.1) is 11.3 Å². The molecule has 0 aromatic carbocycles. The van der Waals surface area contributed by atoms with Crippen LogP contribution in [0.5, 0.6) is 0 Å². The van der Waals surface area contributed by atoms with Crippen molar-refractivity contribution in [1.29, 1.82) is 0 Å². The van der Waals surface area contributed by atoms with Gasteiger partial charge >= 0.3 is 5.97 Å². The molecule has 3 aliphatic carbocycles. The molecule has 0 radical (unpaired) electrons. The Bertz CT molecular complexity index is 560. The van der Waals surface area contributed by atoms with E-state index in [1.165, 1.54) is 5.56 Å². The maximum absolute atomic E-state index is 11.3. The summed E-state index contributed by atoms with van der Waals surface area (Å²) in [6.07, 6.45) is 7.42. The van der Waals surface area contributed by atoms with Gasteiger partial charge in [-0.1, -0.05) is 0 Å². The van der Waals surface area contributed by atoms with Gasteiger partial charge < -0.3 is 10.4 Å². The summed E-state index contributed by atoms with van der Waals surface area (Å²) < 4.78 is 0. The maximum Gasteiger partial charge on any atom is 0.310 e. The van der Waals surface area contributed by atoms with Crippen LogP contribution < -0.4 is 5.32 Å². The third kappa shape index (κ3) is 1.57. The fourth-order valence-electron chi connectivity index (χ4n) is 3.94. The summed E-state index contributed by atoms with van der Waals surface area (Å²) in [5.74, 6) is 0.696. The maximum atomic E-state index is 11.3. The van der Waals surface area contributed by atoms with E-state index in [0.29, 0.717) is 5.92 Å². The summed E-state index contributed by atoms with van der Waals surface area (Å²) in [5.41, 5.74) is 1.98. The van der Waals surface area contributed by atoms with E-state index in [4.69, 9.17) is 0 Å². The number of carboxylic acids is 1. The van der Waals surface area contributed by atoms with E-state index in [9.17, 15) is 9.90 Å². The van der Waals surface area contributed by atoms with Gasteiger partial charge in [0, 0.05) is 17.3 Å². The molecule has 1 aromatic heterocycles. The van der Waals surface area contributed by atoms with Gasteiger partial charge in [-0.3, -0.25) is 4.79 Å². The highest BCUT2D eigenvalue weighted by atomic mass is 16.4. The molecule has 3 atom stereocenters. The molecule has 2 saturated carbocycles. The zero-order valence-electron chi connectivity index (χ0n) is 10.7. The summed E-state index contributed by atoms with van der Waals surface area (Å²) >= 11 is 0. The number of carbonyl (C=O) groups is 1. The molecule has 1 aromatic rings. The number of nitrogens with zero attached hydrogens (tertiary/aromatic N) is 2. The molecule has 0 aliphatic heterocycles. The highest BCUT2D eigenvalue weighted by Gasteiger charge is 2.65. The minimum Gasteiger partial charge on any atom is -0.481 e. The molecule has 0 amide bonds. The Morgan fingerprint density at radius 2 is 2.26 bits per heavy atom. The number of aryl methyl sites for hydroxylation is 1. The first-order valence-corrected chi connectivity index (χ1v) is 7.02. The second-order valence-corrected chi connectivity index (χ2v) is 6.14. The van der Waals surface area contributed by atoms with Crippen LogP contribution in [0.25, 0.3) is 0 Å². The summed E-state index contributed by atoms with van der Waals surface area (Å²) in [4.78, 5) is 20.0. The molecule has 0 spiro atoms. The topological polar surface area (TPSA) is 75.1 Å². The van der Waals surface area contributed by atoms with Gasteiger partial charge in [-0.15, -0.1) is 0 Å². The first-order valence-electron chi connectivity index (χ1n) is 7.02. The highest BCUT2D eigenvalue weighted by Crippen LogP contribution is 2.64. The summed E-state index contributed by atoms with van der Waals surface area (Å²) in [7, 11) is 0. The van der Waals surface area contributed by atoms with Crippen molar-refractivity contribution < 1.29 is 9.90 Å². The van der Waals surface area contributed by atoms with Gasteiger partial charge in [0.15, 0.2) is 0 Å².